The van der Waals surface area contributed by atoms with Gasteiger partial charge in [0.15, 0.2) is 0 Å². The number of aliphatic hydroxyl groups is 1. The van der Waals surface area contributed by atoms with Gasteiger partial charge in [-0.2, -0.15) is 0 Å². The molecule has 3 aromatic carbocycles. The largest absolute Gasteiger partial charge is 0.497 e. The summed E-state index contributed by atoms with van der Waals surface area (Å²) in [5, 5.41) is 14.1. The van der Waals surface area contributed by atoms with Gasteiger partial charge in [0, 0.05) is 6.04 Å². The molecular formula is C28H33NO4. The van der Waals surface area contributed by atoms with E-state index in [1.165, 1.54) is 0 Å². The van der Waals surface area contributed by atoms with Crippen LogP contribution in [0.15, 0.2) is 78.9 Å². The SMILES string of the molecule is COc1ccc(C(OCCC(O)C2CCCN2)(c2ccccc2)c2ccc(OC)cc2)cc1. The number of hydrogen-bond acceptors (Lipinski definition) is 5. The Hall–Kier alpha value is -2.86. The maximum absolute atomic E-state index is 10.7. The highest BCUT2D eigenvalue weighted by atomic mass is 16.5. The molecule has 0 aliphatic carbocycles. The minimum absolute atomic E-state index is 0.140. The molecule has 1 heterocycles. The van der Waals surface area contributed by atoms with Gasteiger partial charge in [0.05, 0.1) is 26.9 Å². The van der Waals surface area contributed by atoms with E-state index < -0.39 is 11.7 Å². The molecule has 0 aromatic heterocycles. The molecule has 2 atom stereocenters. The lowest BCUT2D eigenvalue weighted by Crippen LogP contribution is -2.38. The number of benzene rings is 3. The molecule has 2 N–H and O–H groups in total. The topological polar surface area (TPSA) is 60.0 Å². The Morgan fingerprint density at radius 3 is 1.88 bits per heavy atom. The number of nitrogens with one attached hydrogen (secondary N) is 1. The van der Waals surface area contributed by atoms with E-state index in [2.05, 4.69) is 17.4 Å². The molecule has 0 spiro atoms. The van der Waals surface area contributed by atoms with Gasteiger partial charge in [0.2, 0.25) is 0 Å². The van der Waals surface area contributed by atoms with E-state index in [1.54, 1.807) is 14.2 Å². The van der Waals surface area contributed by atoms with Gasteiger partial charge in [-0.3, -0.25) is 0 Å². The zero-order valence-corrected chi connectivity index (χ0v) is 19.4. The maximum Gasteiger partial charge on any atom is 0.143 e. The summed E-state index contributed by atoms with van der Waals surface area (Å²) in [6.45, 7) is 1.38. The van der Waals surface area contributed by atoms with E-state index in [4.69, 9.17) is 14.2 Å². The zero-order chi connectivity index (χ0) is 23.1. The molecule has 5 heteroatoms. The lowest BCUT2D eigenvalue weighted by Gasteiger charge is -2.36. The van der Waals surface area contributed by atoms with Crippen molar-refractivity contribution >= 4 is 0 Å². The fourth-order valence-electron chi connectivity index (χ4n) is 4.65. The number of rotatable bonds is 10. The van der Waals surface area contributed by atoms with E-state index >= 15 is 0 Å². The van der Waals surface area contributed by atoms with Crippen LogP contribution >= 0.6 is 0 Å². The fourth-order valence-corrected chi connectivity index (χ4v) is 4.65. The summed E-state index contributed by atoms with van der Waals surface area (Å²) < 4.78 is 17.6. The third-order valence-corrected chi connectivity index (χ3v) is 6.47. The van der Waals surface area contributed by atoms with Gasteiger partial charge in [-0.05, 0) is 66.8 Å². The van der Waals surface area contributed by atoms with Gasteiger partial charge in [-0.15, -0.1) is 0 Å². The van der Waals surface area contributed by atoms with E-state index in [9.17, 15) is 5.11 Å². The molecule has 1 aliphatic heterocycles. The molecule has 4 rings (SSSR count). The van der Waals surface area contributed by atoms with Crippen LogP contribution in [0, 0.1) is 0 Å². The molecule has 1 saturated heterocycles. The quantitative estimate of drug-likeness (QED) is 0.448. The second kappa shape index (κ2) is 10.8. The standard InChI is InChI=1S/C28H33NO4/c1-31-24-14-10-22(11-15-24)28(21-7-4-3-5-8-21,23-12-16-25(32-2)17-13-23)33-20-18-27(30)26-9-6-19-29-26/h3-5,7-8,10-17,26-27,29-30H,6,9,18-20H2,1-2H3. The monoisotopic (exact) mass is 447 g/mol. The van der Waals surface area contributed by atoms with Crippen molar-refractivity contribution in [1.82, 2.24) is 5.32 Å². The van der Waals surface area contributed by atoms with E-state index in [1.807, 2.05) is 66.7 Å². The average molecular weight is 448 g/mol. The van der Waals surface area contributed by atoms with Crippen molar-refractivity contribution < 1.29 is 19.3 Å². The molecular weight excluding hydrogens is 414 g/mol. The van der Waals surface area contributed by atoms with Gasteiger partial charge in [-0.1, -0.05) is 54.6 Å². The highest BCUT2D eigenvalue weighted by molar-refractivity contribution is 5.49. The van der Waals surface area contributed by atoms with Crippen molar-refractivity contribution in [3.8, 4) is 11.5 Å². The van der Waals surface area contributed by atoms with Crippen LogP contribution < -0.4 is 14.8 Å². The van der Waals surface area contributed by atoms with Crippen molar-refractivity contribution in [3.63, 3.8) is 0 Å². The van der Waals surface area contributed by atoms with Crippen molar-refractivity contribution in [2.24, 2.45) is 0 Å². The number of aliphatic hydroxyl groups excluding tert-OH is 1. The predicted octanol–water partition coefficient (Wildman–Crippen LogP) is 4.52. The Labute approximate surface area is 196 Å². The Kier molecular flexibility index (Phi) is 7.65. The number of hydrogen-bond donors (Lipinski definition) is 2. The number of ether oxygens (including phenoxy) is 3. The molecule has 3 aromatic rings. The molecule has 2 unspecified atom stereocenters. The Morgan fingerprint density at radius 2 is 1.39 bits per heavy atom. The summed E-state index contributed by atoms with van der Waals surface area (Å²) in [4.78, 5) is 0. The smallest absolute Gasteiger partial charge is 0.143 e. The summed E-state index contributed by atoms with van der Waals surface area (Å²) in [6.07, 6.45) is 2.22. The first-order valence-corrected chi connectivity index (χ1v) is 11.6. The van der Waals surface area contributed by atoms with Crippen LogP contribution in [0.3, 0.4) is 0 Å². The first-order chi connectivity index (χ1) is 16.2. The summed E-state index contributed by atoms with van der Waals surface area (Å²) in [6, 6.07) is 26.4. The predicted molar refractivity (Wildman–Crippen MR) is 130 cm³/mol. The van der Waals surface area contributed by atoms with Gasteiger partial charge >= 0.3 is 0 Å². The van der Waals surface area contributed by atoms with E-state index in [0.29, 0.717) is 13.0 Å². The Balaban J connectivity index is 1.74. The highest BCUT2D eigenvalue weighted by Crippen LogP contribution is 2.41. The maximum atomic E-state index is 10.7. The molecule has 0 saturated carbocycles. The van der Waals surface area contributed by atoms with Crippen LogP contribution in [0.1, 0.15) is 36.0 Å². The second-order valence-corrected chi connectivity index (χ2v) is 8.41. The Morgan fingerprint density at radius 1 is 0.848 bits per heavy atom. The molecule has 0 bridgehead atoms. The van der Waals surface area contributed by atoms with Crippen LogP contribution in [0.4, 0.5) is 0 Å². The minimum Gasteiger partial charge on any atom is -0.497 e. The molecule has 174 valence electrons. The lowest BCUT2D eigenvalue weighted by atomic mass is 9.80. The van der Waals surface area contributed by atoms with Gasteiger partial charge < -0.3 is 24.6 Å². The summed E-state index contributed by atoms with van der Waals surface area (Å²) in [7, 11) is 3.33. The summed E-state index contributed by atoms with van der Waals surface area (Å²) >= 11 is 0. The average Bonchev–Trinajstić information content (AvgIpc) is 3.43. The number of methoxy groups -OCH3 is 2. The summed E-state index contributed by atoms with van der Waals surface area (Å²) in [5.74, 6) is 1.58. The Bertz CT molecular complexity index is 935. The molecule has 0 radical (unpaired) electrons. The van der Waals surface area contributed by atoms with Gasteiger partial charge in [0.1, 0.15) is 17.1 Å². The first-order valence-electron chi connectivity index (χ1n) is 11.6. The molecule has 33 heavy (non-hydrogen) atoms. The second-order valence-electron chi connectivity index (χ2n) is 8.41. The third kappa shape index (κ3) is 5.06. The summed E-state index contributed by atoms with van der Waals surface area (Å²) in [5.41, 5.74) is 2.16. The van der Waals surface area contributed by atoms with E-state index in [-0.39, 0.29) is 6.04 Å². The molecule has 0 amide bonds. The zero-order valence-electron chi connectivity index (χ0n) is 19.4. The molecule has 1 aliphatic rings. The first kappa shape index (κ1) is 23.3. The lowest BCUT2D eigenvalue weighted by molar-refractivity contribution is -0.00979. The van der Waals surface area contributed by atoms with Crippen LogP contribution in [-0.4, -0.2) is 44.6 Å². The van der Waals surface area contributed by atoms with Crippen LogP contribution in [0.5, 0.6) is 11.5 Å². The molecule has 5 nitrogen and oxygen atoms in total. The van der Waals surface area contributed by atoms with E-state index in [0.717, 1.165) is 47.6 Å². The van der Waals surface area contributed by atoms with Crippen LogP contribution in [0.25, 0.3) is 0 Å². The van der Waals surface area contributed by atoms with Crippen LogP contribution in [0.2, 0.25) is 0 Å². The fraction of sp³-hybridized carbons (Fsp3) is 0.357. The van der Waals surface area contributed by atoms with Crippen molar-refractivity contribution in [3.05, 3.63) is 95.6 Å². The van der Waals surface area contributed by atoms with Crippen molar-refractivity contribution in [2.45, 2.75) is 37.0 Å². The van der Waals surface area contributed by atoms with Gasteiger partial charge in [0.25, 0.3) is 0 Å². The van der Waals surface area contributed by atoms with Crippen LogP contribution in [-0.2, 0) is 10.3 Å². The van der Waals surface area contributed by atoms with Crippen molar-refractivity contribution in [1.29, 1.82) is 0 Å². The highest BCUT2D eigenvalue weighted by Gasteiger charge is 2.38. The minimum atomic E-state index is -0.845. The van der Waals surface area contributed by atoms with Crippen molar-refractivity contribution in [2.75, 3.05) is 27.4 Å². The molecule has 1 fully saturated rings. The van der Waals surface area contributed by atoms with Gasteiger partial charge in [-0.25, -0.2) is 0 Å². The normalized spacial score (nSPS) is 17.0. The third-order valence-electron chi connectivity index (χ3n) is 6.47.